The second-order valence-corrected chi connectivity index (χ2v) is 5.32. The van der Waals surface area contributed by atoms with Gasteiger partial charge in [0, 0.05) is 6.04 Å². The Morgan fingerprint density at radius 2 is 2.00 bits per heavy atom. The number of nitrogens with two attached hydrogens (primary N) is 1. The van der Waals surface area contributed by atoms with Crippen molar-refractivity contribution in [3.05, 3.63) is 28.8 Å². The molecule has 1 rings (SSSR count). The van der Waals surface area contributed by atoms with Gasteiger partial charge < -0.3 is 15.4 Å². The molecule has 0 heterocycles. The van der Waals surface area contributed by atoms with Crippen molar-refractivity contribution in [1.82, 2.24) is 4.90 Å². The normalized spacial score (nSPS) is 13.1. The third kappa shape index (κ3) is 4.16. The Hall–Kier alpha value is -0.770. The van der Waals surface area contributed by atoms with Crippen molar-refractivity contribution in [3.63, 3.8) is 0 Å². The van der Waals surface area contributed by atoms with E-state index in [0.717, 1.165) is 12.2 Å². The summed E-state index contributed by atoms with van der Waals surface area (Å²) >= 11 is 6.25. The summed E-state index contributed by atoms with van der Waals surface area (Å²) in [6.45, 7) is 4.63. The van der Waals surface area contributed by atoms with Crippen molar-refractivity contribution in [1.29, 1.82) is 0 Å². The monoisotopic (exact) mass is 270 g/mol. The summed E-state index contributed by atoms with van der Waals surface area (Å²) in [5.74, 6) is 0.737. The molecule has 1 unspecified atom stereocenters. The van der Waals surface area contributed by atoms with Gasteiger partial charge in [-0.05, 0) is 58.6 Å². The van der Waals surface area contributed by atoms with Crippen molar-refractivity contribution in [2.45, 2.75) is 32.4 Å². The number of hydrogen-bond donors (Lipinski definition) is 1. The first-order chi connectivity index (χ1) is 8.45. The maximum absolute atomic E-state index is 6.25. The standard InChI is InChI=1S/C14H23ClN2O/c1-10(2)18-14-6-5-11(9-12(14)15)13(7-8-16)17(3)4/h5-6,9-10,13H,7-8,16H2,1-4H3. The molecule has 0 aromatic heterocycles. The SMILES string of the molecule is CC(C)Oc1ccc(C(CCN)N(C)C)cc1Cl. The lowest BCUT2D eigenvalue weighted by Gasteiger charge is -2.25. The zero-order valence-electron chi connectivity index (χ0n) is 11.6. The van der Waals surface area contributed by atoms with Crippen molar-refractivity contribution >= 4 is 11.6 Å². The molecule has 0 aliphatic heterocycles. The maximum Gasteiger partial charge on any atom is 0.138 e. The molecule has 1 aromatic carbocycles. The minimum Gasteiger partial charge on any atom is -0.489 e. The van der Waals surface area contributed by atoms with E-state index in [4.69, 9.17) is 22.1 Å². The van der Waals surface area contributed by atoms with E-state index in [1.54, 1.807) is 0 Å². The predicted octanol–water partition coefficient (Wildman–Crippen LogP) is 3.08. The van der Waals surface area contributed by atoms with Gasteiger partial charge in [0.2, 0.25) is 0 Å². The van der Waals surface area contributed by atoms with Gasteiger partial charge in [0.25, 0.3) is 0 Å². The molecule has 0 radical (unpaired) electrons. The Bertz CT molecular complexity index is 380. The van der Waals surface area contributed by atoms with E-state index in [0.29, 0.717) is 17.6 Å². The third-order valence-electron chi connectivity index (χ3n) is 2.77. The second kappa shape index (κ2) is 6.98. The number of benzene rings is 1. The first-order valence-electron chi connectivity index (χ1n) is 6.28. The third-order valence-corrected chi connectivity index (χ3v) is 3.06. The molecule has 1 aromatic rings. The first kappa shape index (κ1) is 15.3. The average molecular weight is 271 g/mol. The fourth-order valence-electron chi connectivity index (χ4n) is 1.95. The highest BCUT2D eigenvalue weighted by Crippen LogP contribution is 2.31. The summed E-state index contributed by atoms with van der Waals surface area (Å²) in [4.78, 5) is 2.15. The van der Waals surface area contributed by atoms with Crippen molar-refractivity contribution < 1.29 is 4.74 Å². The molecule has 3 nitrogen and oxygen atoms in total. The Kier molecular flexibility index (Phi) is 5.93. The van der Waals surface area contributed by atoms with E-state index in [1.807, 2.05) is 40.1 Å². The summed E-state index contributed by atoms with van der Waals surface area (Å²) in [7, 11) is 4.10. The first-order valence-corrected chi connectivity index (χ1v) is 6.66. The number of hydrogen-bond acceptors (Lipinski definition) is 3. The number of halogens is 1. The Morgan fingerprint density at radius 3 is 2.44 bits per heavy atom. The molecule has 18 heavy (non-hydrogen) atoms. The highest BCUT2D eigenvalue weighted by molar-refractivity contribution is 6.32. The molecule has 0 aliphatic rings. The topological polar surface area (TPSA) is 38.5 Å². The molecule has 2 N–H and O–H groups in total. The summed E-state index contributed by atoms with van der Waals surface area (Å²) in [5.41, 5.74) is 6.83. The molecule has 0 aliphatic carbocycles. The van der Waals surface area contributed by atoms with Crippen molar-refractivity contribution in [2.75, 3.05) is 20.6 Å². The molecule has 4 heteroatoms. The maximum atomic E-state index is 6.25. The molecule has 0 fully saturated rings. The van der Waals surface area contributed by atoms with Gasteiger partial charge in [-0.1, -0.05) is 17.7 Å². The number of ether oxygens (including phenoxy) is 1. The molecule has 0 bridgehead atoms. The van der Waals surface area contributed by atoms with Gasteiger partial charge in [-0.2, -0.15) is 0 Å². The van der Waals surface area contributed by atoms with Crippen LogP contribution in [0.3, 0.4) is 0 Å². The minimum absolute atomic E-state index is 0.127. The highest BCUT2D eigenvalue weighted by Gasteiger charge is 2.15. The molecule has 0 spiro atoms. The quantitative estimate of drug-likeness (QED) is 0.863. The van der Waals surface area contributed by atoms with Gasteiger partial charge in [-0.15, -0.1) is 0 Å². The van der Waals surface area contributed by atoms with E-state index in [-0.39, 0.29) is 6.10 Å². The smallest absolute Gasteiger partial charge is 0.138 e. The summed E-state index contributed by atoms with van der Waals surface area (Å²) in [5, 5.41) is 0.657. The van der Waals surface area contributed by atoms with Gasteiger partial charge in [0.05, 0.1) is 11.1 Å². The zero-order chi connectivity index (χ0) is 13.7. The average Bonchev–Trinajstić information content (AvgIpc) is 2.28. The van der Waals surface area contributed by atoms with Crippen LogP contribution >= 0.6 is 11.6 Å². The van der Waals surface area contributed by atoms with Crippen LogP contribution in [0.5, 0.6) is 5.75 Å². The van der Waals surface area contributed by atoms with Crippen LogP contribution in [0.4, 0.5) is 0 Å². The van der Waals surface area contributed by atoms with Gasteiger partial charge >= 0.3 is 0 Å². The fraction of sp³-hybridized carbons (Fsp3) is 0.571. The van der Waals surface area contributed by atoms with Crippen LogP contribution in [0.2, 0.25) is 5.02 Å². The van der Waals surface area contributed by atoms with E-state index in [9.17, 15) is 0 Å². The van der Waals surface area contributed by atoms with E-state index in [2.05, 4.69) is 11.0 Å². The van der Waals surface area contributed by atoms with Gasteiger partial charge in [0.1, 0.15) is 5.75 Å². The van der Waals surface area contributed by atoms with Gasteiger partial charge in [0.15, 0.2) is 0 Å². The molecule has 0 saturated carbocycles. The summed E-state index contributed by atoms with van der Waals surface area (Å²) in [6.07, 6.45) is 1.04. The number of rotatable bonds is 6. The Morgan fingerprint density at radius 1 is 1.33 bits per heavy atom. The van der Waals surface area contributed by atoms with Crippen molar-refractivity contribution in [2.24, 2.45) is 5.73 Å². The van der Waals surface area contributed by atoms with Crippen LogP contribution in [0.1, 0.15) is 31.9 Å². The fourth-order valence-corrected chi connectivity index (χ4v) is 2.19. The van der Waals surface area contributed by atoms with E-state index in [1.165, 1.54) is 5.56 Å². The molecule has 1 atom stereocenters. The van der Waals surface area contributed by atoms with Crippen LogP contribution in [0, 0.1) is 0 Å². The number of nitrogens with zero attached hydrogens (tertiary/aromatic N) is 1. The lowest BCUT2D eigenvalue weighted by Crippen LogP contribution is -2.22. The Balaban J connectivity index is 2.94. The van der Waals surface area contributed by atoms with Gasteiger partial charge in [-0.25, -0.2) is 0 Å². The van der Waals surface area contributed by atoms with Crippen LogP contribution < -0.4 is 10.5 Å². The van der Waals surface area contributed by atoms with Crippen molar-refractivity contribution in [3.8, 4) is 5.75 Å². The molecular weight excluding hydrogens is 248 g/mol. The van der Waals surface area contributed by atoms with Crippen LogP contribution in [-0.2, 0) is 0 Å². The molecule has 0 saturated heterocycles. The summed E-state index contributed by atoms with van der Waals surface area (Å²) in [6, 6.07) is 6.26. The minimum atomic E-state index is 0.127. The largest absolute Gasteiger partial charge is 0.489 e. The van der Waals surface area contributed by atoms with Crippen LogP contribution in [0.25, 0.3) is 0 Å². The molecular formula is C14H23ClN2O. The van der Waals surface area contributed by atoms with E-state index < -0.39 is 0 Å². The Labute approximate surface area is 115 Å². The highest BCUT2D eigenvalue weighted by atomic mass is 35.5. The molecule has 0 amide bonds. The molecule has 102 valence electrons. The van der Waals surface area contributed by atoms with Crippen LogP contribution in [0.15, 0.2) is 18.2 Å². The summed E-state index contributed by atoms with van der Waals surface area (Å²) < 4.78 is 5.63. The predicted molar refractivity (Wildman–Crippen MR) is 77.3 cm³/mol. The van der Waals surface area contributed by atoms with Crippen LogP contribution in [-0.4, -0.2) is 31.6 Å². The van der Waals surface area contributed by atoms with E-state index >= 15 is 0 Å². The lowest BCUT2D eigenvalue weighted by atomic mass is 10.0. The zero-order valence-corrected chi connectivity index (χ0v) is 12.4. The van der Waals surface area contributed by atoms with Gasteiger partial charge in [-0.3, -0.25) is 0 Å². The second-order valence-electron chi connectivity index (χ2n) is 4.91. The lowest BCUT2D eigenvalue weighted by molar-refractivity contribution is 0.242.